The summed E-state index contributed by atoms with van der Waals surface area (Å²) in [6.45, 7) is 0.396. The molecule has 0 amide bonds. The molecule has 0 aliphatic heterocycles. The zero-order valence-electron chi connectivity index (χ0n) is 15.5. The van der Waals surface area contributed by atoms with E-state index >= 15 is 0 Å². The van der Waals surface area contributed by atoms with Gasteiger partial charge in [-0.1, -0.05) is 24.3 Å². The molecule has 1 aromatic heterocycles. The molecule has 3 aromatic rings. The second kappa shape index (κ2) is 9.43. The second-order valence-corrected chi connectivity index (χ2v) is 6.39. The highest BCUT2D eigenvalue weighted by Gasteiger charge is 2.29. The van der Waals surface area contributed by atoms with Crippen LogP contribution in [0.2, 0.25) is 0 Å². The molecule has 0 spiro atoms. The van der Waals surface area contributed by atoms with Crippen molar-refractivity contribution in [3.8, 4) is 5.75 Å². The van der Waals surface area contributed by atoms with Gasteiger partial charge in [-0.3, -0.25) is 0 Å². The predicted molar refractivity (Wildman–Crippen MR) is 103 cm³/mol. The molecule has 0 saturated heterocycles. The van der Waals surface area contributed by atoms with Crippen molar-refractivity contribution in [2.75, 3.05) is 6.61 Å². The van der Waals surface area contributed by atoms with Gasteiger partial charge < -0.3 is 14.3 Å². The fourth-order valence-corrected chi connectivity index (χ4v) is 2.61. The first-order valence-corrected chi connectivity index (χ1v) is 9.06. The van der Waals surface area contributed by atoms with Crippen LogP contribution < -0.4 is 4.74 Å². The zero-order chi connectivity index (χ0) is 20.7. The first-order chi connectivity index (χ1) is 13.9. The van der Waals surface area contributed by atoms with Gasteiger partial charge in [0.25, 0.3) is 0 Å². The number of nitrogens with zero attached hydrogens (tertiary/aromatic N) is 1. The van der Waals surface area contributed by atoms with Crippen LogP contribution in [0.4, 0.5) is 13.2 Å². The highest BCUT2D eigenvalue weighted by Crippen LogP contribution is 2.29. The standard InChI is InChI=1S/C22H20F3NO3/c23-22(24,25)18-8-3-17(4-9-18)7-12-21-26-19(15-29-21)14-28-20-10-5-16(6-11-20)2-1-13-27/h3-12,15,27H,1-2,13-14H2. The summed E-state index contributed by atoms with van der Waals surface area (Å²) in [6.07, 6.45) is 1.88. The summed E-state index contributed by atoms with van der Waals surface area (Å²) in [5, 5.41) is 8.85. The van der Waals surface area contributed by atoms with Crippen LogP contribution in [0, 0.1) is 0 Å². The monoisotopic (exact) mass is 403 g/mol. The van der Waals surface area contributed by atoms with Gasteiger partial charge in [0.2, 0.25) is 5.89 Å². The van der Waals surface area contributed by atoms with Crippen LogP contribution in [-0.2, 0) is 19.2 Å². The van der Waals surface area contributed by atoms with Crippen LogP contribution in [0.3, 0.4) is 0 Å². The van der Waals surface area contributed by atoms with E-state index in [1.54, 1.807) is 12.2 Å². The van der Waals surface area contributed by atoms with E-state index in [0.29, 0.717) is 22.9 Å². The number of ether oxygens (including phenoxy) is 1. The molecule has 0 bridgehead atoms. The molecule has 0 radical (unpaired) electrons. The van der Waals surface area contributed by atoms with Crippen molar-refractivity contribution in [3.05, 3.63) is 83.1 Å². The number of hydrogen-bond donors (Lipinski definition) is 1. The van der Waals surface area contributed by atoms with Gasteiger partial charge in [-0.25, -0.2) is 4.98 Å². The predicted octanol–water partition coefficient (Wildman–Crippen LogP) is 5.37. The summed E-state index contributed by atoms with van der Waals surface area (Å²) in [7, 11) is 0. The van der Waals surface area contributed by atoms with Crippen LogP contribution >= 0.6 is 0 Å². The molecule has 0 unspecified atom stereocenters. The summed E-state index contributed by atoms with van der Waals surface area (Å²) in [5.74, 6) is 1.03. The minimum Gasteiger partial charge on any atom is -0.487 e. The lowest BCUT2D eigenvalue weighted by atomic mass is 10.1. The van der Waals surface area contributed by atoms with Crippen molar-refractivity contribution in [3.63, 3.8) is 0 Å². The molecule has 0 aliphatic rings. The lowest BCUT2D eigenvalue weighted by molar-refractivity contribution is -0.137. The van der Waals surface area contributed by atoms with E-state index in [1.165, 1.54) is 18.4 Å². The average Bonchev–Trinajstić information content (AvgIpc) is 3.17. The van der Waals surface area contributed by atoms with Gasteiger partial charge in [0.15, 0.2) is 0 Å². The average molecular weight is 403 g/mol. The minimum absolute atomic E-state index is 0.167. The fraction of sp³-hybridized carbons (Fsp3) is 0.227. The molecule has 0 aliphatic carbocycles. The molecule has 3 rings (SSSR count). The summed E-state index contributed by atoms with van der Waals surface area (Å²) in [4.78, 5) is 4.27. The smallest absolute Gasteiger partial charge is 0.416 e. The maximum absolute atomic E-state index is 12.6. The van der Waals surface area contributed by atoms with Gasteiger partial charge in [-0.2, -0.15) is 13.2 Å². The third-order valence-corrected chi connectivity index (χ3v) is 4.16. The van der Waals surface area contributed by atoms with E-state index < -0.39 is 11.7 Å². The molecule has 29 heavy (non-hydrogen) atoms. The number of aliphatic hydroxyl groups excluding tert-OH is 1. The van der Waals surface area contributed by atoms with Crippen molar-refractivity contribution in [2.24, 2.45) is 0 Å². The Morgan fingerprint density at radius 3 is 2.38 bits per heavy atom. The number of oxazole rings is 1. The van der Waals surface area contributed by atoms with Crippen molar-refractivity contribution >= 4 is 12.2 Å². The van der Waals surface area contributed by atoms with Crippen LogP contribution in [-0.4, -0.2) is 16.7 Å². The Balaban J connectivity index is 1.53. The normalized spacial score (nSPS) is 11.9. The van der Waals surface area contributed by atoms with Crippen molar-refractivity contribution in [1.29, 1.82) is 0 Å². The fourth-order valence-electron chi connectivity index (χ4n) is 2.61. The number of halogens is 3. The SMILES string of the molecule is OCCCc1ccc(OCc2coc(C=Cc3ccc(C(F)(F)F)cc3)n2)cc1. The maximum Gasteiger partial charge on any atom is 0.416 e. The van der Waals surface area contributed by atoms with E-state index in [0.717, 1.165) is 30.5 Å². The Kier molecular flexibility index (Phi) is 6.72. The topological polar surface area (TPSA) is 55.5 Å². The molecule has 0 atom stereocenters. The molecule has 7 heteroatoms. The molecular weight excluding hydrogens is 383 g/mol. The summed E-state index contributed by atoms with van der Waals surface area (Å²) in [6, 6.07) is 12.5. The van der Waals surface area contributed by atoms with Gasteiger partial charge in [-0.15, -0.1) is 0 Å². The quantitative estimate of drug-likeness (QED) is 0.550. The van der Waals surface area contributed by atoms with Gasteiger partial charge in [0.1, 0.15) is 24.3 Å². The highest BCUT2D eigenvalue weighted by atomic mass is 19.4. The van der Waals surface area contributed by atoms with E-state index in [9.17, 15) is 13.2 Å². The van der Waals surface area contributed by atoms with Crippen LogP contribution in [0.5, 0.6) is 5.75 Å². The van der Waals surface area contributed by atoms with Gasteiger partial charge >= 0.3 is 6.18 Å². The molecule has 0 fully saturated rings. The van der Waals surface area contributed by atoms with Gasteiger partial charge in [-0.05, 0) is 54.3 Å². The summed E-state index contributed by atoms with van der Waals surface area (Å²) < 4.78 is 48.7. The van der Waals surface area contributed by atoms with Crippen molar-refractivity contribution < 1.29 is 27.4 Å². The number of aryl methyl sites for hydroxylation is 1. The van der Waals surface area contributed by atoms with Crippen LogP contribution in [0.25, 0.3) is 12.2 Å². The van der Waals surface area contributed by atoms with E-state index in [1.807, 2.05) is 24.3 Å². The number of benzene rings is 2. The molecule has 152 valence electrons. The summed E-state index contributed by atoms with van der Waals surface area (Å²) in [5.41, 5.74) is 1.65. The Bertz CT molecular complexity index is 929. The van der Waals surface area contributed by atoms with Gasteiger partial charge in [0.05, 0.1) is 5.56 Å². The Morgan fingerprint density at radius 1 is 1.00 bits per heavy atom. The molecule has 4 nitrogen and oxygen atoms in total. The van der Waals surface area contributed by atoms with Crippen molar-refractivity contribution in [2.45, 2.75) is 25.6 Å². The van der Waals surface area contributed by atoms with Crippen molar-refractivity contribution in [1.82, 2.24) is 4.98 Å². The van der Waals surface area contributed by atoms with E-state index in [2.05, 4.69) is 4.98 Å². The molecule has 1 N–H and O–H groups in total. The third-order valence-electron chi connectivity index (χ3n) is 4.16. The molecule has 1 heterocycles. The van der Waals surface area contributed by atoms with E-state index in [4.69, 9.17) is 14.3 Å². The Hall–Kier alpha value is -3.06. The summed E-state index contributed by atoms with van der Waals surface area (Å²) >= 11 is 0. The third kappa shape index (κ3) is 6.22. The van der Waals surface area contributed by atoms with Gasteiger partial charge in [0, 0.05) is 12.7 Å². The minimum atomic E-state index is -4.35. The van der Waals surface area contributed by atoms with Crippen LogP contribution in [0.1, 0.15) is 34.7 Å². The maximum atomic E-state index is 12.6. The largest absolute Gasteiger partial charge is 0.487 e. The Labute approximate surface area is 166 Å². The zero-order valence-corrected chi connectivity index (χ0v) is 15.5. The van der Waals surface area contributed by atoms with E-state index in [-0.39, 0.29) is 13.2 Å². The number of aliphatic hydroxyl groups is 1. The first kappa shape index (κ1) is 20.7. The number of rotatable bonds is 8. The molecular formula is C22H20F3NO3. The molecule has 0 saturated carbocycles. The Morgan fingerprint density at radius 2 is 1.72 bits per heavy atom. The molecule has 2 aromatic carbocycles. The number of aromatic nitrogens is 1. The highest BCUT2D eigenvalue weighted by molar-refractivity contribution is 5.66. The second-order valence-electron chi connectivity index (χ2n) is 6.39. The number of hydrogen-bond acceptors (Lipinski definition) is 4. The number of alkyl halides is 3. The lowest BCUT2D eigenvalue weighted by Crippen LogP contribution is -2.03. The first-order valence-electron chi connectivity index (χ1n) is 9.06. The van der Waals surface area contributed by atoms with Crippen LogP contribution in [0.15, 0.2) is 59.2 Å². The lowest BCUT2D eigenvalue weighted by Gasteiger charge is -2.05.